The number of nitrogens with one attached hydrogen (secondary N) is 1. The molecule has 0 aromatic heterocycles. The predicted molar refractivity (Wildman–Crippen MR) is 98.6 cm³/mol. The van der Waals surface area contributed by atoms with Crippen molar-refractivity contribution in [1.29, 1.82) is 0 Å². The molecule has 2 atom stereocenters. The van der Waals surface area contributed by atoms with Crippen molar-refractivity contribution >= 4 is 18.0 Å². The molecule has 1 aromatic rings. The van der Waals surface area contributed by atoms with E-state index in [-0.39, 0.29) is 12.5 Å². The van der Waals surface area contributed by atoms with Gasteiger partial charge in [-0.3, -0.25) is 4.79 Å². The zero-order valence-electron chi connectivity index (χ0n) is 15.6. The van der Waals surface area contributed by atoms with Gasteiger partial charge >= 0.3 is 12.1 Å². The molecule has 2 rings (SSSR count). The highest BCUT2D eigenvalue weighted by Gasteiger charge is 2.36. The van der Waals surface area contributed by atoms with E-state index in [1.54, 1.807) is 0 Å². The first-order chi connectivity index (χ1) is 13.0. The SMILES string of the molecule is COC(=O)[C@@H]1CCCN1C(=O)[C@@H](N)CCCNC(=O)OCc1ccccc1. The van der Waals surface area contributed by atoms with E-state index < -0.39 is 24.1 Å². The lowest BCUT2D eigenvalue weighted by molar-refractivity contribution is -0.151. The fraction of sp³-hybridized carbons (Fsp3) is 0.526. The Hall–Kier alpha value is -2.61. The van der Waals surface area contributed by atoms with Crippen molar-refractivity contribution in [1.82, 2.24) is 10.2 Å². The minimum atomic E-state index is -0.711. The second-order valence-corrected chi connectivity index (χ2v) is 6.45. The van der Waals surface area contributed by atoms with Gasteiger partial charge in [0.2, 0.25) is 5.91 Å². The largest absolute Gasteiger partial charge is 0.467 e. The Morgan fingerprint density at radius 2 is 2.04 bits per heavy atom. The predicted octanol–water partition coefficient (Wildman–Crippen LogP) is 1.18. The van der Waals surface area contributed by atoms with E-state index in [1.165, 1.54) is 12.0 Å². The van der Waals surface area contributed by atoms with Crippen LogP contribution >= 0.6 is 0 Å². The summed E-state index contributed by atoms with van der Waals surface area (Å²) in [7, 11) is 1.31. The van der Waals surface area contributed by atoms with Gasteiger partial charge in [-0.2, -0.15) is 0 Å². The van der Waals surface area contributed by atoms with Gasteiger partial charge in [-0.05, 0) is 31.2 Å². The summed E-state index contributed by atoms with van der Waals surface area (Å²) in [5, 5.41) is 2.64. The summed E-state index contributed by atoms with van der Waals surface area (Å²) in [6, 6.07) is 8.14. The van der Waals surface area contributed by atoms with Crippen LogP contribution in [0.5, 0.6) is 0 Å². The van der Waals surface area contributed by atoms with Crippen LogP contribution in [0.2, 0.25) is 0 Å². The topological polar surface area (TPSA) is 111 Å². The van der Waals surface area contributed by atoms with Gasteiger partial charge in [-0.25, -0.2) is 9.59 Å². The highest BCUT2D eigenvalue weighted by molar-refractivity contribution is 5.88. The van der Waals surface area contributed by atoms with Crippen LogP contribution in [0, 0.1) is 0 Å². The second kappa shape index (κ2) is 10.5. The average Bonchev–Trinajstić information content (AvgIpc) is 3.18. The maximum absolute atomic E-state index is 12.4. The van der Waals surface area contributed by atoms with E-state index >= 15 is 0 Å². The van der Waals surface area contributed by atoms with Gasteiger partial charge in [-0.1, -0.05) is 30.3 Å². The Morgan fingerprint density at radius 3 is 2.74 bits per heavy atom. The number of ether oxygens (including phenoxy) is 2. The standard InChI is InChI=1S/C19H27N3O5/c1-26-18(24)16-10-6-12-22(16)17(23)15(20)9-5-11-21-19(25)27-13-14-7-3-2-4-8-14/h2-4,7-8,15-16H,5-6,9-13,20H2,1H3,(H,21,25)/t15-,16-/m0/s1. The molecule has 0 saturated carbocycles. The molecule has 1 aliphatic rings. The lowest BCUT2D eigenvalue weighted by Gasteiger charge is -2.25. The molecule has 27 heavy (non-hydrogen) atoms. The smallest absolute Gasteiger partial charge is 0.407 e. The van der Waals surface area contributed by atoms with Gasteiger partial charge < -0.3 is 25.4 Å². The monoisotopic (exact) mass is 377 g/mol. The van der Waals surface area contributed by atoms with Crippen LogP contribution in [0.3, 0.4) is 0 Å². The summed E-state index contributed by atoms with van der Waals surface area (Å²) in [5.74, 6) is -0.662. The van der Waals surface area contributed by atoms with Gasteiger partial charge in [0, 0.05) is 13.1 Å². The quantitative estimate of drug-likeness (QED) is 0.520. The van der Waals surface area contributed by atoms with Crippen molar-refractivity contribution in [2.75, 3.05) is 20.2 Å². The Kier molecular flexibility index (Phi) is 8.06. The summed E-state index contributed by atoms with van der Waals surface area (Å²) < 4.78 is 9.85. The van der Waals surface area contributed by atoms with Gasteiger partial charge in [0.25, 0.3) is 0 Å². The molecule has 1 saturated heterocycles. The Labute approximate surface area is 159 Å². The number of hydrogen-bond donors (Lipinski definition) is 2. The molecule has 0 bridgehead atoms. The fourth-order valence-corrected chi connectivity index (χ4v) is 3.03. The van der Waals surface area contributed by atoms with E-state index in [1.807, 2.05) is 30.3 Å². The normalized spacial score (nSPS) is 17.3. The number of esters is 1. The number of nitrogens with zero attached hydrogens (tertiary/aromatic N) is 1. The number of carbonyl (C=O) groups excluding carboxylic acids is 3. The third-order valence-corrected chi connectivity index (χ3v) is 4.50. The minimum Gasteiger partial charge on any atom is -0.467 e. The van der Waals surface area contributed by atoms with Crippen molar-refractivity contribution in [3.8, 4) is 0 Å². The first kappa shape index (κ1) is 20.7. The van der Waals surface area contributed by atoms with Crippen LogP contribution in [0.25, 0.3) is 0 Å². The number of rotatable bonds is 8. The number of hydrogen-bond acceptors (Lipinski definition) is 6. The van der Waals surface area contributed by atoms with Gasteiger partial charge in [-0.15, -0.1) is 0 Å². The highest BCUT2D eigenvalue weighted by Crippen LogP contribution is 2.19. The Morgan fingerprint density at radius 1 is 1.30 bits per heavy atom. The van der Waals surface area contributed by atoms with E-state index in [0.29, 0.717) is 32.4 Å². The van der Waals surface area contributed by atoms with Crippen molar-refractivity contribution in [2.45, 2.75) is 44.4 Å². The summed E-state index contributed by atoms with van der Waals surface area (Å²) in [6.07, 6.45) is 1.78. The van der Waals surface area contributed by atoms with Crippen molar-refractivity contribution < 1.29 is 23.9 Å². The summed E-state index contributed by atoms with van der Waals surface area (Å²) in [5.41, 5.74) is 6.87. The first-order valence-corrected chi connectivity index (χ1v) is 9.11. The molecule has 0 radical (unpaired) electrons. The molecule has 1 heterocycles. The molecule has 0 spiro atoms. The van der Waals surface area contributed by atoms with Crippen molar-refractivity contribution in [3.05, 3.63) is 35.9 Å². The van der Waals surface area contributed by atoms with Crippen LogP contribution in [0.1, 0.15) is 31.2 Å². The van der Waals surface area contributed by atoms with Crippen LogP contribution < -0.4 is 11.1 Å². The maximum atomic E-state index is 12.4. The molecule has 0 aliphatic carbocycles. The molecule has 1 fully saturated rings. The average molecular weight is 377 g/mol. The fourth-order valence-electron chi connectivity index (χ4n) is 3.03. The lowest BCUT2D eigenvalue weighted by Crippen LogP contribution is -2.48. The zero-order chi connectivity index (χ0) is 19.6. The minimum absolute atomic E-state index is 0.203. The number of nitrogens with two attached hydrogens (primary N) is 1. The molecule has 8 heteroatoms. The number of likely N-dealkylation sites (tertiary alicyclic amines) is 1. The number of amides is 2. The Bertz CT molecular complexity index is 637. The second-order valence-electron chi connectivity index (χ2n) is 6.45. The Balaban J connectivity index is 1.65. The van der Waals surface area contributed by atoms with E-state index in [0.717, 1.165) is 12.0 Å². The van der Waals surface area contributed by atoms with Gasteiger partial charge in [0.15, 0.2) is 0 Å². The molecule has 148 valence electrons. The highest BCUT2D eigenvalue weighted by atomic mass is 16.5. The van der Waals surface area contributed by atoms with Crippen LogP contribution in [-0.4, -0.2) is 55.2 Å². The van der Waals surface area contributed by atoms with Crippen molar-refractivity contribution in [2.24, 2.45) is 5.73 Å². The number of carbonyl (C=O) groups is 3. The van der Waals surface area contributed by atoms with Crippen molar-refractivity contribution in [3.63, 3.8) is 0 Å². The van der Waals surface area contributed by atoms with E-state index in [9.17, 15) is 14.4 Å². The molecule has 0 unspecified atom stereocenters. The third kappa shape index (κ3) is 6.25. The summed E-state index contributed by atoms with van der Waals surface area (Å²) in [4.78, 5) is 37.3. The first-order valence-electron chi connectivity index (χ1n) is 9.11. The number of alkyl carbamates (subject to hydrolysis) is 1. The lowest BCUT2D eigenvalue weighted by atomic mass is 10.1. The van der Waals surface area contributed by atoms with Crippen LogP contribution in [-0.2, 0) is 25.7 Å². The summed E-state index contributed by atoms with van der Waals surface area (Å²) in [6.45, 7) is 1.07. The van der Waals surface area contributed by atoms with Gasteiger partial charge in [0.05, 0.1) is 13.2 Å². The number of methoxy groups -OCH3 is 1. The van der Waals surface area contributed by atoms with Crippen LogP contribution in [0.15, 0.2) is 30.3 Å². The molecule has 3 N–H and O–H groups in total. The molecule has 1 aliphatic heterocycles. The number of benzene rings is 1. The van der Waals surface area contributed by atoms with Crippen LogP contribution in [0.4, 0.5) is 4.79 Å². The van der Waals surface area contributed by atoms with Gasteiger partial charge in [0.1, 0.15) is 12.6 Å². The molecule has 1 aromatic carbocycles. The third-order valence-electron chi connectivity index (χ3n) is 4.50. The molecular formula is C19H27N3O5. The molecular weight excluding hydrogens is 350 g/mol. The van der Waals surface area contributed by atoms with E-state index in [4.69, 9.17) is 15.2 Å². The summed E-state index contributed by atoms with van der Waals surface area (Å²) >= 11 is 0. The maximum Gasteiger partial charge on any atom is 0.407 e. The van der Waals surface area contributed by atoms with E-state index in [2.05, 4.69) is 5.32 Å². The molecule has 8 nitrogen and oxygen atoms in total. The molecule has 2 amide bonds. The zero-order valence-corrected chi connectivity index (χ0v) is 15.6.